The average molecular weight is 808 g/mol. The van der Waals surface area contributed by atoms with E-state index < -0.39 is 24.1 Å². The van der Waals surface area contributed by atoms with Crippen molar-refractivity contribution < 1.29 is 19.5 Å². The monoisotopic (exact) mass is 807 g/mol. The van der Waals surface area contributed by atoms with Gasteiger partial charge >= 0.3 is 0 Å². The van der Waals surface area contributed by atoms with E-state index in [1.165, 1.54) is 6.42 Å². The van der Waals surface area contributed by atoms with E-state index in [0.29, 0.717) is 62.1 Å². The van der Waals surface area contributed by atoms with Crippen LogP contribution in [0.5, 0.6) is 0 Å². The van der Waals surface area contributed by atoms with Crippen LogP contribution in [0.4, 0.5) is 0 Å². The van der Waals surface area contributed by atoms with Gasteiger partial charge in [0, 0.05) is 26.1 Å². The molecule has 0 radical (unpaired) electrons. The fourth-order valence-electron chi connectivity index (χ4n) is 8.27. The Morgan fingerprint density at radius 2 is 1.38 bits per heavy atom. The van der Waals surface area contributed by atoms with Crippen LogP contribution in [0, 0.1) is 17.8 Å². The third-order valence-electron chi connectivity index (χ3n) is 12.0. The molecule has 0 aliphatic heterocycles. The fourth-order valence-corrected chi connectivity index (χ4v) is 8.37. The van der Waals surface area contributed by atoms with E-state index in [0.717, 1.165) is 71.2 Å². The van der Waals surface area contributed by atoms with Crippen molar-refractivity contribution >= 4 is 56.6 Å². The van der Waals surface area contributed by atoms with Gasteiger partial charge in [0.1, 0.15) is 6.04 Å². The van der Waals surface area contributed by atoms with Crippen LogP contribution in [0.2, 0.25) is 0 Å². The number of unbranched alkanes of at least 4 members (excludes halogenated alkanes) is 1. The Hall–Kier alpha value is -4.54. The van der Waals surface area contributed by atoms with Gasteiger partial charge in [-0.3, -0.25) is 14.4 Å². The summed E-state index contributed by atoms with van der Waals surface area (Å²) in [6.07, 6.45) is 8.65. The lowest BCUT2D eigenvalue weighted by atomic mass is 9.83. The van der Waals surface area contributed by atoms with Gasteiger partial charge in [-0.25, -0.2) is 0 Å². The molecule has 0 aromatic heterocycles. The number of fused-ring (bicyclic) bond motifs is 2. The molecule has 1 aliphatic rings. The van der Waals surface area contributed by atoms with Crippen molar-refractivity contribution in [3.63, 3.8) is 0 Å². The number of benzene rings is 4. The summed E-state index contributed by atoms with van der Waals surface area (Å²) in [6, 6.07) is 27.4. The molecule has 4 atom stereocenters. The lowest BCUT2D eigenvalue weighted by Gasteiger charge is -2.32. The smallest absolute Gasteiger partial charge is 0.242 e. The van der Waals surface area contributed by atoms with E-state index >= 15 is 0 Å². The van der Waals surface area contributed by atoms with Crippen LogP contribution in [-0.2, 0) is 27.2 Å². The number of aliphatic hydroxyl groups excluding tert-OH is 1. The molecule has 0 unspecified atom stereocenters. The van der Waals surface area contributed by atoms with Crippen LogP contribution in [0.1, 0.15) is 95.6 Å². The molecule has 5 rings (SSSR count). The van der Waals surface area contributed by atoms with E-state index in [1.54, 1.807) is 7.05 Å². The predicted molar refractivity (Wildman–Crippen MR) is 240 cm³/mol. The highest BCUT2D eigenvalue weighted by Gasteiger charge is 2.32. The largest absolute Gasteiger partial charge is 0.390 e. The molecule has 0 saturated heterocycles. The Bertz CT molecular complexity index is 1860. The van der Waals surface area contributed by atoms with Crippen molar-refractivity contribution in [2.75, 3.05) is 20.1 Å². The summed E-state index contributed by atoms with van der Waals surface area (Å²) in [5.74, 6) is -0.544. The highest BCUT2D eigenvalue weighted by Crippen LogP contribution is 2.29. The van der Waals surface area contributed by atoms with Gasteiger partial charge in [0.05, 0.1) is 18.6 Å². The van der Waals surface area contributed by atoms with E-state index in [-0.39, 0.29) is 24.1 Å². The maximum Gasteiger partial charge on any atom is 0.242 e. The molecule has 9 nitrogen and oxygen atoms in total. The second-order valence-electron chi connectivity index (χ2n) is 16.4. The summed E-state index contributed by atoms with van der Waals surface area (Å²) in [7, 11) is 1.77. The molecule has 1 fully saturated rings. The third-order valence-corrected chi connectivity index (χ3v) is 12.3. The van der Waals surface area contributed by atoms with Crippen LogP contribution in [0.25, 0.3) is 21.5 Å². The predicted octanol–water partition coefficient (Wildman–Crippen LogP) is 7.51. The summed E-state index contributed by atoms with van der Waals surface area (Å²) in [5.41, 5.74) is 2.15. The fraction of sp³-hybridized carbons (Fsp3) is 0.500. The summed E-state index contributed by atoms with van der Waals surface area (Å²) < 4.78 is 0. The van der Waals surface area contributed by atoms with Crippen LogP contribution in [-0.4, -0.2) is 66.3 Å². The van der Waals surface area contributed by atoms with Crippen LogP contribution < -0.4 is 26.6 Å². The van der Waals surface area contributed by atoms with Gasteiger partial charge < -0.3 is 31.7 Å². The SMILES string of the molecule is CC[C@H](C)CNC(=O)C[C@H](O)[C@H](CC1CCCCC1)NC(=O)[C@H](CCCCNC(=S)NC)NC(=O)C(Cc1cccc2ccccc12)Cc1cccc2ccccc12. The first-order valence-electron chi connectivity index (χ1n) is 21.6. The van der Waals surface area contributed by atoms with Gasteiger partial charge in [-0.05, 0) is 95.3 Å². The van der Waals surface area contributed by atoms with Gasteiger partial charge in [-0.1, -0.05) is 137 Å². The molecule has 1 saturated carbocycles. The molecule has 6 N–H and O–H groups in total. The molecule has 312 valence electrons. The minimum absolute atomic E-state index is 0.0969. The van der Waals surface area contributed by atoms with Gasteiger partial charge in [0.15, 0.2) is 5.11 Å². The molecular formula is C48H65N5O4S. The van der Waals surface area contributed by atoms with Crippen LogP contribution in [0.3, 0.4) is 0 Å². The van der Waals surface area contributed by atoms with E-state index in [2.05, 4.69) is 89.0 Å². The molecule has 4 aromatic rings. The average Bonchev–Trinajstić information content (AvgIpc) is 3.24. The Labute approximate surface area is 350 Å². The second-order valence-corrected chi connectivity index (χ2v) is 16.8. The molecule has 10 heteroatoms. The Kier molecular flexibility index (Phi) is 17.8. The second kappa shape index (κ2) is 23.2. The maximum atomic E-state index is 14.8. The number of nitrogens with one attached hydrogen (secondary N) is 5. The molecule has 0 heterocycles. The molecular weight excluding hydrogens is 743 g/mol. The van der Waals surface area contributed by atoms with Crippen molar-refractivity contribution in [2.24, 2.45) is 17.8 Å². The number of rotatable bonds is 21. The van der Waals surface area contributed by atoms with Crippen LogP contribution >= 0.6 is 12.2 Å². The zero-order valence-electron chi connectivity index (χ0n) is 34.7. The number of carbonyl (C=O) groups is 3. The van der Waals surface area contributed by atoms with Gasteiger partial charge in [-0.2, -0.15) is 0 Å². The summed E-state index contributed by atoms with van der Waals surface area (Å²) in [5, 5.41) is 32.0. The number of carbonyl (C=O) groups excluding carboxylic acids is 3. The summed E-state index contributed by atoms with van der Waals surface area (Å²) >= 11 is 5.26. The van der Waals surface area contributed by atoms with Crippen molar-refractivity contribution in [2.45, 2.75) is 116 Å². The maximum absolute atomic E-state index is 14.8. The quantitative estimate of drug-likeness (QED) is 0.0380. The molecule has 4 aromatic carbocycles. The lowest BCUT2D eigenvalue weighted by Crippen LogP contribution is -2.54. The van der Waals surface area contributed by atoms with Gasteiger partial charge in [0.2, 0.25) is 17.7 Å². The Morgan fingerprint density at radius 1 is 0.776 bits per heavy atom. The first kappa shape index (κ1) is 44.6. The standard InChI is InChI=1S/C48H65N5O4S/c1-4-33(2)32-51-45(55)31-44(54)43(28-34-16-6-5-7-17-34)53-47(57)42(26-12-13-27-50-48(58)49-3)52-46(56)39(29-37-22-14-20-35-18-8-10-24-40(35)37)30-38-23-15-21-36-19-9-11-25-41(36)38/h8-11,14-15,18-25,33-34,39,42-44,54H,4-7,12-13,16-17,26-32H2,1-3H3,(H,51,55)(H,52,56)(H,53,57)(H2,49,50,58)/t33-,42-,43-,44-/m0/s1. The first-order chi connectivity index (χ1) is 28.1. The highest BCUT2D eigenvalue weighted by atomic mass is 32.1. The van der Waals surface area contributed by atoms with E-state index in [1.807, 2.05) is 36.4 Å². The Balaban J connectivity index is 1.40. The van der Waals surface area contributed by atoms with E-state index in [9.17, 15) is 19.5 Å². The Morgan fingerprint density at radius 3 is 1.98 bits per heavy atom. The number of aliphatic hydroxyl groups is 1. The van der Waals surface area contributed by atoms with Crippen molar-refractivity contribution in [1.82, 2.24) is 26.6 Å². The zero-order valence-corrected chi connectivity index (χ0v) is 35.6. The normalized spacial score (nSPS) is 15.3. The molecule has 0 spiro atoms. The lowest BCUT2D eigenvalue weighted by molar-refractivity contribution is -0.132. The van der Waals surface area contributed by atoms with Crippen molar-refractivity contribution in [1.29, 1.82) is 0 Å². The molecule has 3 amide bonds. The summed E-state index contributed by atoms with van der Waals surface area (Å²) in [6.45, 7) is 5.33. The highest BCUT2D eigenvalue weighted by molar-refractivity contribution is 7.80. The molecule has 1 aliphatic carbocycles. The van der Waals surface area contributed by atoms with Crippen LogP contribution in [0.15, 0.2) is 84.9 Å². The van der Waals surface area contributed by atoms with Gasteiger partial charge in [0.25, 0.3) is 0 Å². The molecule has 0 bridgehead atoms. The number of thiocarbonyl (C=S) groups is 1. The topological polar surface area (TPSA) is 132 Å². The van der Waals surface area contributed by atoms with Crippen molar-refractivity contribution in [3.05, 3.63) is 96.1 Å². The first-order valence-corrected chi connectivity index (χ1v) is 22.0. The summed E-state index contributed by atoms with van der Waals surface area (Å²) in [4.78, 5) is 42.2. The third kappa shape index (κ3) is 13.5. The molecule has 58 heavy (non-hydrogen) atoms. The zero-order chi connectivity index (χ0) is 41.3. The number of hydrogen-bond donors (Lipinski definition) is 6. The minimum atomic E-state index is -1.06. The minimum Gasteiger partial charge on any atom is -0.390 e. The van der Waals surface area contributed by atoms with E-state index in [4.69, 9.17) is 12.2 Å². The number of amides is 3. The number of hydrogen-bond acceptors (Lipinski definition) is 5. The van der Waals surface area contributed by atoms with Crippen molar-refractivity contribution in [3.8, 4) is 0 Å². The van der Waals surface area contributed by atoms with Gasteiger partial charge in [-0.15, -0.1) is 0 Å².